The van der Waals surface area contributed by atoms with E-state index in [2.05, 4.69) is 28.6 Å². The maximum atomic E-state index is 11.2. The number of nitrogens with zero attached hydrogens (tertiary/aromatic N) is 6. The first-order valence-corrected chi connectivity index (χ1v) is 11.4. The van der Waals surface area contributed by atoms with Crippen molar-refractivity contribution in [3.8, 4) is 0 Å². The Morgan fingerprint density at radius 2 is 1.29 bits per heavy atom. The second kappa shape index (κ2) is 16.0. The second-order valence-electron chi connectivity index (χ2n) is 4.07. The summed E-state index contributed by atoms with van der Waals surface area (Å²) in [6, 6.07) is -0.930. The molecule has 0 bridgehead atoms. The van der Waals surface area contributed by atoms with Crippen molar-refractivity contribution in [1.82, 2.24) is 0 Å². The molecular formula is C8H18N8O4S4. The molecule has 0 amide bonds. The number of azide groups is 2. The van der Waals surface area contributed by atoms with Crippen molar-refractivity contribution >= 4 is 43.7 Å². The van der Waals surface area contributed by atoms with Gasteiger partial charge in [-0.15, -0.1) is 0 Å². The molecule has 0 aromatic carbocycles. The topological polar surface area (TPSA) is 202 Å². The Balaban J connectivity index is 4.01. The number of rotatable bonds is 15. The molecule has 0 aliphatic heterocycles. The summed E-state index contributed by atoms with van der Waals surface area (Å²) in [4.78, 5) is 5.40. The van der Waals surface area contributed by atoms with Gasteiger partial charge < -0.3 is 0 Å². The summed E-state index contributed by atoms with van der Waals surface area (Å²) in [6.45, 7) is 0. The molecule has 0 aliphatic carbocycles. The van der Waals surface area contributed by atoms with E-state index in [4.69, 9.17) is 22.9 Å². The molecule has 0 heterocycles. The van der Waals surface area contributed by atoms with E-state index in [1.54, 1.807) is 0 Å². The van der Waals surface area contributed by atoms with Gasteiger partial charge in [0.15, 0.2) is 22.2 Å². The van der Waals surface area contributed by atoms with Gasteiger partial charge in [0.05, 0.1) is 23.6 Å². The Morgan fingerprint density at radius 1 is 0.917 bits per heavy atom. The van der Waals surface area contributed by atoms with E-state index >= 15 is 0 Å². The largest absolute Gasteiger partial charge is 0.228 e. The molecule has 0 radical (unpaired) electrons. The normalized spacial score (nSPS) is 15.6. The van der Waals surface area contributed by atoms with Crippen LogP contribution in [0.25, 0.3) is 20.9 Å². The zero-order valence-electron chi connectivity index (χ0n) is 12.5. The maximum Gasteiger partial charge on any atom is 0.173 e. The lowest BCUT2D eigenvalue weighted by atomic mass is 10.3. The van der Waals surface area contributed by atoms with Crippen LogP contribution >= 0.6 is 21.6 Å². The highest BCUT2D eigenvalue weighted by atomic mass is 33.1. The van der Waals surface area contributed by atoms with E-state index in [1.807, 2.05) is 0 Å². The van der Waals surface area contributed by atoms with E-state index in [-0.39, 0.29) is 11.5 Å². The highest BCUT2D eigenvalue weighted by Gasteiger charge is 2.13. The van der Waals surface area contributed by atoms with Gasteiger partial charge in [0.1, 0.15) is 0 Å². The van der Waals surface area contributed by atoms with Crippen LogP contribution in [-0.2, 0) is 30.7 Å². The third kappa shape index (κ3) is 12.8. The Labute approximate surface area is 151 Å². The minimum Gasteiger partial charge on any atom is -0.228 e. The summed E-state index contributed by atoms with van der Waals surface area (Å²) in [7, 11) is 3.05. The Morgan fingerprint density at radius 3 is 1.58 bits per heavy atom. The number of hydrogen-bond acceptors (Lipinski definition) is 10. The van der Waals surface area contributed by atoms with Crippen LogP contribution in [0, 0.1) is 0 Å². The summed E-state index contributed by atoms with van der Waals surface area (Å²) < 4.78 is 30.6. The smallest absolute Gasteiger partial charge is 0.173 e. The van der Waals surface area contributed by atoms with Crippen LogP contribution in [0.15, 0.2) is 10.2 Å². The fourth-order valence-corrected chi connectivity index (χ4v) is 4.88. The Kier molecular flexibility index (Phi) is 15.6. The van der Waals surface area contributed by atoms with Crippen LogP contribution in [-0.4, -0.2) is 43.5 Å². The Hall–Kier alpha value is -0.540. The molecule has 0 saturated carbocycles. The van der Waals surface area contributed by atoms with E-state index < -0.39 is 34.2 Å². The first-order valence-electron chi connectivity index (χ1n) is 6.41. The summed E-state index contributed by atoms with van der Waals surface area (Å²) in [6.07, 6.45) is 1.03. The fraction of sp³-hybridized carbons (Fsp3) is 1.00. The van der Waals surface area contributed by atoms with E-state index in [0.29, 0.717) is 24.3 Å². The maximum absolute atomic E-state index is 11.2. The van der Waals surface area contributed by atoms with E-state index in [0.717, 1.165) is 0 Å². The lowest BCUT2D eigenvalue weighted by Gasteiger charge is -2.10. The average Bonchev–Trinajstić information content (AvgIpc) is 2.57. The van der Waals surface area contributed by atoms with Crippen LogP contribution in [0.1, 0.15) is 12.8 Å². The van der Waals surface area contributed by atoms with Gasteiger partial charge in [-0.1, -0.05) is 31.8 Å². The molecule has 138 valence electrons. The van der Waals surface area contributed by atoms with Gasteiger partial charge in [-0.05, 0) is 23.9 Å². The lowest BCUT2D eigenvalue weighted by Crippen LogP contribution is -2.19. The van der Waals surface area contributed by atoms with Gasteiger partial charge in [0.25, 0.3) is 0 Å². The molecule has 4 unspecified atom stereocenters. The van der Waals surface area contributed by atoms with Crippen molar-refractivity contribution in [3.05, 3.63) is 20.9 Å². The molecule has 24 heavy (non-hydrogen) atoms. The van der Waals surface area contributed by atoms with Crippen molar-refractivity contribution in [2.24, 2.45) is 22.0 Å². The van der Waals surface area contributed by atoms with Crippen LogP contribution in [0.4, 0.5) is 0 Å². The van der Waals surface area contributed by atoms with E-state index in [9.17, 15) is 8.42 Å². The predicted molar refractivity (Wildman–Crippen MR) is 96.6 cm³/mol. The van der Waals surface area contributed by atoms with Gasteiger partial charge in [-0.25, -0.2) is 17.0 Å². The van der Waals surface area contributed by atoms with Crippen LogP contribution in [0.2, 0.25) is 0 Å². The average molecular weight is 419 g/mol. The van der Waals surface area contributed by atoms with Gasteiger partial charge in [-0.3, -0.25) is 0 Å². The Bertz CT molecular complexity index is 454. The van der Waals surface area contributed by atoms with Crippen molar-refractivity contribution in [2.75, 3.05) is 23.0 Å². The third-order valence-electron chi connectivity index (χ3n) is 2.45. The third-order valence-corrected chi connectivity index (χ3v) is 6.67. The molecule has 12 nitrogen and oxygen atoms in total. The highest BCUT2D eigenvalue weighted by Crippen LogP contribution is 2.25. The molecule has 0 saturated heterocycles. The van der Waals surface area contributed by atoms with Crippen LogP contribution in [0.3, 0.4) is 0 Å². The quantitative estimate of drug-likeness (QED) is 0.0995. The summed E-state index contributed by atoms with van der Waals surface area (Å²) in [5.41, 5.74) is 16.9. The van der Waals surface area contributed by atoms with Crippen molar-refractivity contribution in [3.63, 3.8) is 0 Å². The summed E-state index contributed by atoms with van der Waals surface area (Å²) >= 11 is -3.37. The van der Waals surface area contributed by atoms with Gasteiger partial charge in [0, 0.05) is 21.3 Å². The molecule has 4 N–H and O–H groups in total. The van der Waals surface area contributed by atoms with Crippen molar-refractivity contribution < 1.29 is 17.0 Å². The summed E-state index contributed by atoms with van der Waals surface area (Å²) in [5.74, 6) is 11.0. The van der Waals surface area contributed by atoms with Crippen molar-refractivity contribution in [2.45, 2.75) is 24.9 Å². The molecule has 0 fully saturated rings. The molecule has 0 aromatic heterocycles. The number of nitrogens with two attached hydrogens (primary N) is 2. The minimum absolute atomic E-state index is 0.0373. The number of hydrogen-bond donors (Lipinski definition) is 2. The molecule has 0 spiro atoms. The van der Waals surface area contributed by atoms with Crippen LogP contribution in [0.5, 0.6) is 0 Å². The molecule has 0 rings (SSSR count). The van der Waals surface area contributed by atoms with E-state index in [1.165, 1.54) is 21.6 Å². The molecule has 0 aromatic rings. The zero-order valence-corrected chi connectivity index (χ0v) is 15.8. The predicted octanol–water partition coefficient (Wildman–Crippen LogP) is 1.61. The minimum atomic E-state index is -1.68. The van der Waals surface area contributed by atoms with Gasteiger partial charge in [-0.2, -0.15) is 11.8 Å². The SMILES string of the molecule is [N-]=[N+]=NC(CCSSCCC(CS(=O)ON)N=[N+]=[N-])CS(=O)ON. The van der Waals surface area contributed by atoms with Gasteiger partial charge >= 0.3 is 0 Å². The summed E-state index contributed by atoms with van der Waals surface area (Å²) in [5, 5.41) is 7.08. The fourth-order valence-electron chi connectivity index (χ4n) is 1.37. The standard InChI is InChI=1S/C8H18N8O4S4/c9-15-13-7(5-23(17)19-11)1-3-21-22-4-2-8(14-16-10)6-24(18)20-12/h7-8H,1-6,11-12H2. The molecular weight excluding hydrogens is 400 g/mol. The molecule has 4 atom stereocenters. The van der Waals surface area contributed by atoms with Gasteiger partial charge in [0.2, 0.25) is 0 Å². The second-order valence-corrected chi connectivity index (χ2v) is 9.04. The van der Waals surface area contributed by atoms with Crippen LogP contribution < -0.4 is 11.8 Å². The zero-order chi connectivity index (χ0) is 18.2. The molecule has 0 aliphatic rings. The highest BCUT2D eigenvalue weighted by molar-refractivity contribution is 8.76. The molecule has 16 heteroatoms. The van der Waals surface area contributed by atoms with Crippen molar-refractivity contribution in [1.29, 1.82) is 0 Å². The first-order chi connectivity index (χ1) is 11.6. The monoisotopic (exact) mass is 418 g/mol. The first kappa shape index (κ1) is 23.5. The lowest BCUT2D eigenvalue weighted by molar-refractivity contribution is 0.364.